The van der Waals surface area contributed by atoms with Crippen LogP contribution in [0.25, 0.3) is 0 Å². The van der Waals surface area contributed by atoms with E-state index < -0.39 is 9.84 Å². The van der Waals surface area contributed by atoms with Crippen LogP contribution in [-0.2, 0) is 14.6 Å². The maximum Gasteiger partial charge on any atom is 0.234 e. The van der Waals surface area contributed by atoms with Gasteiger partial charge < -0.3 is 10.2 Å². The number of carbonyl (C=O) groups excluding carboxylic acids is 1. The van der Waals surface area contributed by atoms with Gasteiger partial charge in [-0.3, -0.25) is 9.79 Å². The van der Waals surface area contributed by atoms with Gasteiger partial charge in [-0.1, -0.05) is 47.1 Å². The lowest BCUT2D eigenvalue weighted by Crippen LogP contribution is -2.39. The smallest absolute Gasteiger partial charge is 0.234 e. The second-order valence-corrected chi connectivity index (χ2v) is 10.8. The second-order valence-electron chi connectivity index (χ2n) is 6.82. The van der Waals surface area contributed by atoms with Gasteiger partial charge in [0.2, 0.25) is 5.91 Å². The molecule has 2 aliphatic heterocycles. The summed E-state index contributed by atoms with van der Waals surface area (Å²) >= 11 is 13.4. The number of sulfone groups is 1. The summed E-state index contributed by atoms with van der Waals surface area (Å²) in [4.78, 5) is 18.9. The van der Waals surface area contributed by atoms with E-state index in [0.29, 0.717) is 20.9 Å². The van der Waals surface area contributed by atoms with Crippen LogP contribution in [0.1, 0.15) is 0 Å². The first kappa shape index (κ1) is 20.5. The Bertz CT molecular complexity index is 1090. The van der Waals surface area contributed by atoms with Crippen molar-refractivity contribution in [2.24, 2.45) is 4.99 Å². The fraction of sp³-hybridized carbons (Fsp3) is 0.263. The number of thioether (sulfide) groups is 1. The Balaban J connectivity index is 1.51. The lowest BCUT2D eigenvalue weighted by atomic mass is 10.1. The van der Waals surface area contributed by atoms with Gasteiger partial charge in [0.15, 0.2) is 15.0 Å². The zero-order chi connectivity index (χ0) is 20.6. The van der Waals surface area contributed by atoms with Crippen molar-refractivity contribution in [1.82, 2.24) is 0 Å². The first-order valence-electron chi connectivity index (χ1n) is 8.82. The number of halogens is 2. The van der Waals surface area contributed by atoms with Gasteiger partial charge in [0.05, 0.1) is 29.3 Å². The molecule has 29 heavy (non-hydrogen) atoms. The number of amides is 1. The topological polar surface area (TPSA) is 78.8 Å². The van der Waals surface area contributed by atoms with E-state index in [0.717, 1.165) is 5.69 Å². The number of hydrogen-bond acceptors (Lipinski definition) is 6. The molecule has 1 fully saturated rings. The number of benzene rings is 2. The number of amidine groups is 1. The van der Waals surface area contributed by atoms with E-state index in [4.69, 9.17) is 23.2 Å². The number of hydrogen-bond donors (Lipinski definition) is 1. The van der Waals surface area contributed by atoms with Gasteiger partial charge in [-0.15, -0.1) is 0 Å². The highest BCUT2D eigenvalue weighted by molar-refractivity contribution is 8.14. The van der Waals surface area contributed by atoms with Crippen LogP contribution in [0.15, 0.2) is 53.5 Å². The molecule has 2 aromatic carbocycles. The Kier molecular flexibility index (Phi) is 5.79. The second kappa shape index (κ2) is 8.18. The quantitative estimate of drug-likeness (QED) is 0.737. The van der Waals surface area contributed by atoms with Crippen molar-refractivity contribution in [2.45, 2.75) is 12.1 Å². The molecule has 0 unspecified atom stereocenters. The summed E-state index contributed by atoms with van der Waals surface area (Å²) < 4.78 is 24.2. The van der Waals surface area contributed by atoms with E-state index in [1.807, 2.05) is 17.0 Å². The molecule has 152 valence electrons. The van der Waals surface area contributed by atoms with Crippen LogP contribution >= 0.6 is 35.0 Å². The Labute approximate surface area is 183 Å². The molecule has 0 bridgehead atoms. The van der Waals surface area contributed by atoms with Crippen molar-refractivity contribution in [3.63, 3.8) is 0 Å². The third-order valence-corrected chi connectivity index (χ3v) is 7.77. The highest BCUT2D eigenvalue weighted by Crippen LogP contribution is 2.36. The van der Waals surface area contributed by atoms with Crippen LogP contribution in [-0.4, -0.2) is 48.8 Å². The van der Waals surface area contributed by atoms with Crippen molar-refractivity contribution in [2.75, 3.05) is 27.5 Å². The number of anilines is 2. The molecule has 4 rings (SSSR count). The van der Waals surface area contributed by atoms with E-state index in [2.05, 4.69) is 10.3 Å². The van der Waals surface area contributed by atoms with E-state index in [1.165, 1.54) is 11.8 Å². The first-order valence-corrected chi connectivity index (χ1v) is 12.4. The highest BCUT2D eigenvalue weighted by atomic mass is 35.5. The van der Waals surface area contributed by atoms with Crippen LogP contribution in [0.4, 0.5) is 11.4 Å². The zero-order valence-electron chi connectivity index (χ0n) is 15.1. The minimum Gasteiger partial charge on any atom is -0.325 e. The summed E-state index contributed by atoms with van der Waals surface area (Å²) in [6.07, 6.45) is 0. The molecule has 2 aliphatic rings. The van der Waals surface area contributed by atoms with Crippen molar-refractivity contribution >= 4 is 67.3 Å². The molecule has 6 nitrogen and oxygen atoms in total. The molecule has 0 radical (unpaired) electrons. The Morgan fingerprint density at radius 1 is 1.14 bits per heavy atom. The average molecular weight is 470 g/mol. The summed E-state index contributed by atoms with van der Waals surface area (Å²) in [5.74, 6) is -0.00939. The number of nitrogens with one attached hydrogen (secondary N) is 1. The molecule has 2 atom stereocenters. The Hall–Kier alpha value is -1.74. The summed E-state index contributed by atoms with van der Waals surface area (Å²) in [6.45, 7) is 0. The predicted molar refractivity (Wildman–Crippen MR) is 120 cm³/mol. The monoisotopic (exact) mass is 469 g/mol. The van der Waals surface area contributed by atoms with E-state index >= 15 is 0 Å². The van der Waals surface area contributed by atoms with Gasteiger partial charge in [0.1, 0.15) is 0 Å². The molecule has 0 saturated carbocycles. The average Bonchev–Trinajstić information content (AvgIpc) is 3.11. The maximum absolute atomic E-state index is 12.4. The zero-order valence-corrected chi connectivity index (χ0v) is 18.2. The molecule has 2 aromatic rings. The van der Waals surface area contributed by atoms with Gasteiger partial charge in [-0.2, -0.15) is 0 Å². The first-order chi connectivity index (χ1) is 13.8. The number of carbonyl (C=O) groups is 1. The van der Waals surface area contributed by atoms with Gasteiger partial charge in [0.25, 0.3) is 0 Å². The third-order valence-electron chi connectivity index (χ3n) is 4.63. The van der Waals surface area contributed by atoms with Gasteiger partial charge in [-0.25, -0.2) is 8.42 Å². The molecule has 2 heterocycles. The number of aliphatic imine (C=N–C) groups is 1. The van der Waals surface area contributed by atoms with Gasteiger partial charge >= 0.3 is 0 Å². The maximum atomic E-state index is 12.4. The number of fused-ring (bicyclic) bond motifs is 1. The molecule has 0 aromatic heterocycles. The molecule has 10 heteroatoms. The van der Waals surface area contributed by atoms with E-state index in [1.54, 1.807) is 36.4 Å². The SMILES string of the molecule is O=C(CSC1=N[C@H]2CS(=O)(=O)C[C@H]2N1c1cccc(Cl)c1)Nc1cccc(Cl)c1. The number of rotatable bonds is 4. The van der Waals surface area contributed by atoms with Crippen LogP contribution in [0, 0.1) is 0 Å². The lowest BCUT2D eigenvalue weighted by molar-refractivity contribution is -0.113. The molecular weight excluding hydrogens is 453 g/mol. The standard InChI is InChI=1S/C19H17Cl2N3O3S2/c20-12-3-1-5-14(7-12)22-18(25)9-28-19-23-16-10-29(26,27)11-17(16)24(19)15-6-2-4-13(21)8-15/h1-8,16-17H,9-11H2,(H,22,25)/t16-,17+/m0/s1. The molecule has 0 spiro atoms. The van der Waals surface area contributed by atoms with E-state index in [-0.39, 0.29) is 35.2 Å². The molecule has 0 aliphatic carbocycles. The van der Waals surface area contributed by atoms with Crippen LogP contribution in [0.3, 0.4) is 0 Å². The largest absolute Gasteiger partial charge is 0.325 e. The van der Waals surface area contributed by atoms with Crippen molar-refractivity contribution in [1.29, 1.82) is 0 Å². The Morgan fingerprint density at radius 2 is 1.86 bits per heavy atom. The summed E-state index contributed by atoms with van der Waals surface area (Å²) in [5.41, 5.74) is 1.38. The van der Waals surface area contributed by atoms with Crippen LogP contribution < -0.4 is 10.2 Å². The summed E-state index contributed by atoms with van der Waals surface area (Å²) in [6, 6.07) is 13.5. The van der Waals surface area contributed by atoms with E-state index in [9.17, 15) is 13.2 Å². The fourth-order valence-electron chi connectivity index (χ4n) is 3.45. The molecule has 1 amide bonds. The Morgan fingerprint density at radius 3 is 2.59 bits per heavy atom. The van der Waals surface area contributed by atoms with Gasteiger partial charge in [-0.05, 0) is 36.4 Å². The summed E-state index contributed by atoms with van der Waals surface area (Å²) in [7, 11) is -3.14. The third kappa shape index (κ3) is 4.71. The van der Waals surface area contributed by atoms with Crippen molar-refractivity contribution < 1.29 is 13.2 Å². The fourth-order valence-corrected chi connectivity index (χ4v) is 6.60. The van der Waals surface area contributed by atoms with Gasteiger partial charge in [0, 0.05) is 21.4 Å². The number of nitrogens with zero attached hydrogens (tertiary/aromatic N) is 2. The van der Waals surface area contributed by atoms with Crippen molar-refractivity contribution in [3.8, 4) is 0 Å². The molecule has 1 N–H and O–H groups in total. The predicted octanol–water partition coefficient (Wildman–Crippen LogP) is 3.71. The minimum atomic E-state index is -3.14. The molecule has 1 saturated heterocycles. The minimum absolute atomic E-state index is 0.0213. The van der Waals surface area contributed by atoms with Crippen molar-refractivity contribution in [3.05, 3.63) is 58.6 Å². The van der Waals surface area contributed by atoms with Crippen LogP contribution in [0.2, 0.25) is 10.0 Å². The van der Waals surface area contributed by atoms with Crippen LogP contribution in [0.5, 0.6) is 0 Å². The highest BCUT2D eigenvalue weighted by Gasteiger charge is 2.47. The normalized spacial score (nSPS) is 22.3. The summed E-state index contributed by atoms with van der Waals surface area (Å²) in [5, 5.41) is 4.51. The lowest BCUT2D eigenvalue weighted by Gasteiger charge is -2.26. The molecular formula is C19H17Cl2N3O3S2.